The zero-order valence-electron chi connectivity index (χ0n) is 20.0. The van der Waals surface area contributed by atoms with Crippen molar-refractivity contribution in [3.63, 3.8) is 0 Å². The minimum atomic E-state index is -1.74. The Balaban J connectivity index is 2.39. The Labute approximate surface area is 195 Å². The molecule has 0 aromatic heterocycles. The van der Waals surface area contributed by atoms with Crippen LogP contribution in [0.1, 0.15) is 45.1 Å². The van der Waals surface area contributed by atoms with Gasteiger partial charge >= 0.3 is 0 Å². The van der Waals surface area contributed by atoms with Crippen molar-refractivity contribution in [2.45, 2.75) is 39.5 Å². The van der Waals surface area contributed by atoms with Crippen LogP contribution in [0.4, 0.5) is 0 Å². The average Bonchev–Trinajstić information content (AvgIpc) is 2.81. The molecule has 0 heterocycles. The number of benzene rings is 1. The lowest BCUT2D eigenvalue weighted by atomic mass is 9.54. The van der Waals surface area contributed by atoms with E-state index < -0.39 is 11.3 Å². The predicted octanol–water partition coefficient (Wildman–Crippen LogP) is 4.58. The van der Waals surface area contributed by atoms with Crippen molar-refractivity contribution in [1.29, 1.82) is 15.8 Å². The summed E-state index contributed by atoms with van der Waals surface area (Å²) in [5.74, 6) is 0.779. The highest BCUT2D eigenvalue weighted by atomic mass is 16.5. The van der Waals surface area contributed by atoms with Gasteiger partial charge in [0.1, 0.15) is 11.8 Å². The van der Waals surface area contributed by atoms with Crippen LogP contribution in [0.3, 0.4) is 0 Å². The summed E-state index contributed by atoms with van der Waals surface area (Å²) in [7, 11) is 4.59. The zero-order valence-corrected chi connectivity index (χ0v) is 20.0. The van der Waals surface area contributed by atoms with E-state index in [0.717, 1.165) is 12.0 Å². The maximum Gasteiger partial charge on any atom is 0.191 e. The molecule has 0 fully saturated rings. The molecule has 0 radical (unpaired) electrons. The van der Waals surface area contributed by atoms with Crippen LogP contribution in [0.15, 0.2) is 35.1 Å². The summed E-state index contributed by atoms with van der Waals surface area (Å²) in [5, 5.41) is 30.7. The van der Waals surface area contributed by atoms with E-state index in [1.54, 1.807) is 12.1 Å². The largest absolute Gasteiger partial charge is 0.496 e. The Morgan fingerprint density at radius 1 is 0.970 bits per heavy atom. The molecule has 0 saturated heterocycles. The molecule has 0 spiro atoms. The average molecular weight is 447 g/mol. The molecule has 1 aromatic rings. The number of methoxy groups -OCH3 is 3. The molecule has 7 nitrogen and oxygen atoms in total. The van der Waals surface area contributed by atoms with E-state index in [9.17, 15) is 15.8 Å². The first-order chi connectivity index (χ1) is 15.6. The van der Waals surface area contributed by atoms with Gasteiger partial charge in [0.05, 0.1) is 44.7 Å². The van der Waals surface area contributed by atoms with E-state index in [-0.39, 0.29) is 22.6 Å². The molecule has 0 bridgehead atoms. The Morgan fingerprint density at radius 2 is 1.55 bits per heavy atom. The topological polar surface area (TPSA) is 125 Å². The Kier molecular flexibility index (Phi) is 6.35. The van der Waals surface area contributed by atoms with Crippen LogP contribution >= 0.6 is 0 Å². The number of hydrogen-bond donors (Lipinski definition) is 1. The number of ether oxygens (including phenoxy) is 3. The fourth-order valence-corrected chi connectivity index (χ4v) is 5.24. The van der Waals surface area contributed by atoms with E-state index in [1.165, 1.54) is 21.3 Å². The van der Waals surface area contributed by atoms with Crippen LogP contribution in [-0.4, -0.2) is 21.3 Å². The lowest BCUT2D eigenvalue weighted by molar-refractivity contribution is 0.169. The van der Waals surface area contributed by atoms with Crippen molar-refractivity contribution < 1.29 is 14.2 Å². The molecule has 2 aliphatic rings. The molecular weight excluding hydrogens is 416 g/mol. The molecule has 0 aliphatic heterocycles. The van der Waals surface area contributed by atoms with E-state index in [2.05, 4.69) is 45.1 Å². The molecule has 33 heavy (non-hydrogen) atoms. The minimum absolute atomic E-state index is 0.00598. The van der Waals surface area contributed by atoms with Gasteiger partial charge in [0.15, 0.2) is 16.9 Å². The van der Waals surface area contributed by atoms with Gasteiger partial charge in [-0.15, -0.1) is 0 Å². The maximum absolute atomic E-state index is 10.4. The summed E-state index contributed by atoms with van der Waals surface area (Å²) in [6.45, 7) is 6.55. The summed E-state index contributed by atoms with van der Waals surface area (Å²) in [4.78, 5) is 0. The van der Waals surface area contributed by atoms with E-state index in [4.69, 9.17) is 19.9 Å². The smallest absolute Gasteiger partial charge is 0.191 e. The second kappa shape index (κ2) is 8.72. The highest BCUT2D eigenvalue weighted by Gasteiger charge is 2.56. The predicted molar refractivity (Wildman–Crippen MR) is 123 cm³/mol. The molecule has 0 amide bonds. The fourth-order valence-electron chi connectivity index (χ4n) is 5.24. The SMILES string of the molecule is COc1cc(OC)c([C@@H]2[C@@H]3C[C@H](C(C)(C)C)CC=C3C(C#N)=C(N)C2(C#N)C#N)cc1OC. The van der Waals surface area contributed by atoms with Crippen LogP contribution in [0.25, 0.3) is 0 Å². The first kappa shape index (κ1) is 24.0. The van der Waals surface area contributed by atoms with E-state index in [1.807, 2.05) is 0 Å². The van der Waals surface area contributed by atoms with Crippen molar-refractivity contribution in [2.75, 3.05) is 21.3 Å². The summed E-state index contributed by atoms with van der Waals surface area (Å²) >= 11 is 0. The van der Waals surface area contributed by atoms with Crippen molar-refractivity contribution in [1.82, 2.24) is 0 Å². The number of fused-ring (bicyclic) bond motifs is 1. The quantitative estimate of drug-likeness (QED) is 0.717. The first-order valence-corrected chi connectivity index (χ1v) is 10.9. The molecule has 1 aromatic carbocycles. The van der Waals surface area contributed by atoms with Gasteiger partial charge in [-0.25, -0.2) is 0 Å². The van der Waals surface area contributed by atoms with Crippen molar-refractivity contribution in [3.05, 3.63) is 40.6 Å². The standard InChI is InChI=1S/C26H30N4O3/c1-25(2,3)15-7-8-16-17(9-15)23(26(13-28,14-29)24(30)19(16)12-27)18-10-21(32-5)22(33-6)11-20(18)31-4/h8,10-11,15,17,23H,7,9,30H2,1-6H3/t15-,17-,23+/m1/s1. The third kappa shape index (κ3) is 3.66. The highest BCUT2D eigenvalue weighted by molar-refractivity contribution is 5.62. The molecule has 7 heteroatoms. The zero-order chi connectivity index (χ0) is 24.6. The van der Waals surface area contributed by atoms with Gasteiger partial charge in [-0.1, -0.05) is 26.8 Å². The molecule has 0 saturated carbocycles. The molecule has 2 aliphatic carbocycles. The summed E-state index contributed by atoms with van der Waals surface area (Å²) in [5.41, 5.74) is 6.38. The molecular formula is C26H30N4O3. The number of hydrogen-bond acceptors (Lipinski definition) is 7. The molecule has 172 valence electrons. The van der Waals surface area contributed by atoms with Crippen LogP contribution in [0.2, 0.25) is 0 Å². The van der Waals surface area contributed by atoms with Crippen LogP contribution in [0, 0.1) is 56.7 Å². The van der Waals surface area contributed by atoms with Gasteiger partial charge in [-0.3, -0.25) is 0 Å². The third-order valence-electron chi connectivity index (χ3n) is 7.17. The fraction of sp³-hybridized carbons (Fsp3) is 0.500. The van der Waals surface area contributed by atoms with Crippen molar-refractivity contribution >= 4 is 0 Å². The molecule has 2 N–H and O–H groups in total. The minimum Gasteiger partial charge on any atom is -0.496 e. The molecule has 0 unspecified atom stereocenters. The van der Waals surface area contributed by atoms with Crippen LogP contribution in [0.5, 0.6) is 17.2 Å². The summed E-state index contributed by atoms with van der Waals surface area (Å²) in [6.07, 6.45) is 3.57. The molecule has 3 atom stereocenters. The highest BCUT2D eigenvalue weighted by Crippen LogP contribution is 2.59. The second-order valence-electron chi connectivity index (χ2n) is 9.66. The molecule has 3 rings (SSSR count). The van der Waals surface area contributed by atoms with Gasteiger partial charge in [0, 0.05) is 17.5 Å². The van der Waals surface area contributed by atoms with E-state index in [0.29, 0.717) is 35.2 Å². The number of nitrogens with two attached hydrogens (primary N) is 1. The Hall–Kier alpha value is -3.63. The lowest BCUT2D eigenvalue weighted by Crippen LogP contribution is -2.44. The maximum atomic E-state index is 10.4. The van der Waals surface area contributed by atoms with E-state index >= 15 is 0 Å². The first-order valence-electron chi connectivity index (χ1n) is 10.9. The third-order valence-corrected chi connectivity index (χ3v) is 7.17. The number of nitriles is 3. The summed E-state index contributed by atoms with van der Waals surface area (Å²) < 4.78 is 16.6. The van der Waals surface area contributed by atoms with Gasteiger partial charge < -0.3 is 19.9 Å². The number of nitrogens with zero attached hydrogens (tertiary/aromatic N) is 3. The van der Waals surface area contributed by atoms with Crippen molar-refractivity contribution in [3.8, 4) is 35.5 Å². The van der Waals surface area contributed by atoms with Crippen LogP contribution in [-0.2, 0) is 0 Å². The van der Waals surface area contributed by atoms with Crippen LogP contribution < -0.4 is 19.9 Å². The lowest BCUT2D eigenvalue weighted by Gasteiger charge is -2.47. The number of rotatable bonds is 4. The normalized spacial score (nSPS) is 23.8. The summed E-state index contributed by atoms with van der Waals surface area (Å²) in [6, 6.07) is 10.0. The van der Waals surface area contributed by atoms with Crippen molar-refractivity contribution in [2.24, 2.45) is 28.4 Å². The van der Waals surface area contributed by atoms with Gasteiger partial charge in [-0.2, -0.15) is 15.8 Å². The van der Waals surface area contributed by atoms with Gasteiger partial charge in [0.2, 0.25) is 0 Å². The van der Waals surface area contributed by atoms with Gasteiger partial charge in [0.25, 0.3) is 0 Å². The second-order valence-corrected chi connectivity index (χ2v) is 9.66. The Bertz CT molecular complexity index is 1120. The van der Waals surface area contributed by atoms with Gasteiger partial charge in [-0.05, 0) is 41.7 Å². The Morgan fingerprint density at radius 3 is 2.03 bits per heavy atom. The number of allylic oxidation sites excluding steroid dienone is 4. The monoisotopic (exact) mass is 446 g/mol.